The maximum absolute atomic E-state index is 6.13. The summed E-state index contributed by atoms with van der Waals surface area (Å²) in [4.78, 5) is 7.21. The zero-order chi connectivity index (χ0) is 20.7. The predicted octanol–water partition coefficient (Wildman–Crippen LogP) is 4.58. The van der Waals surface area contributed by atoms with Crippen LogP contribution in [-0.4, -0.2) is 44.8 Å². The molecule has 3 rings (SSSR count). The Hall–Kier alpha value is -1.28. The van der Waals surface area contributed by atoms with Crippen molar-refractivity contribution < 1.29 is 4.74 Å². The summed E-state index contributed by atoms with van der Waals surface area (Å²) in [5.74, 6) is 1.40. The number of rotatable bonds is 6. The Balaban J connectivity index is 0.00000320. The number of hydrogen-bond donors (Lipinski definition) is 2. The van der Waals surface area contributed by atoms with E-state index in [0.29, 0.717) is 12.5 Å². The summed E-state index contributed by atoms with van der Waals surface area (Å²) < 4.78 is 6.13. The molecule has 0 aromatic heterocycles. The standard InChI is InChI=1S/C24H38N4O.HI/c1-5-25-23(27-18-20-11-9-15-29-22(20)24(2,3)4)26-17-19-10-8-12-21(16-19)28-13-6-7-14-28;/h6-8,10,12,16,20,22H,5,9,11,13-15,17-18H2,1-4H3,(H2,25,26,27);1H. The van der Waals surface area contributed by atoms with E-state index in [1.807, 2.05) is 0 Å². The van der Waals surface area contributed by atoms with Crippen LogP contribution in [0.1, 0.15) is 46.1 Å². The Kier molecular flexibility index (Phi) is 9.94. The number of nitrogens with one attached hydrogen (secondary N) is 2. The van der Waals surface area contributed by atoms with E-state index in [2.05, 4.69) is 79.6 Å². The van der Waals surface area contributed by atoms with Crippen LogP contribution in [0.4, 0.5) is 5.69 Å². The lowest BCUT2D eigenvalue weighted by Gasteiger charge is -2.40. The van der Waals surface area contributed by atoms with Crippen molar-refractivity contribution in [2.24, 2.45) is 16.3 Å². The van der Waals surface area contributed by atoms with Gasteiger partial charge in [0.25, 0.3) is 0 Å². The second kappa shape index (κ2) is 11.9. The van der Waals surface area contributed by atoms with Crippen LogP contribution in [0.3, 0.4) is 0 Å². The van der Waals surface area contributed by atoms with E-state index in [0.717, 1.165) is 45.2 Å². The maximum atomic E-state index is 6.13. The Morgan fingerprint density at radius 1 is 1.20 bits per heavy atom. The van der Waals surface area contributed by atoms with E-state index in [1.54, 1.807) is 0 Å². The highest BCUT2D eigenvalue weighted by Crippen LogP contribution is 2.33. The second-order valence-electron chi connectivity index (χ2n) is 9.18. The molecule has 2 N–H and O–H groups in total. The Labute approximate surface area is 199 Å². The maximum Gasteiger partial charge on any atom is 0.191 e. The number of ether oxygens (including phenoxy) is 1. The molecule has 2 atom stereocenters. The lowest BCUT2D eigenvalue weighted by atomic mass is 9.78. The van der Waals surface area contributed by atoms with Crippen molar-refractivity contribution >= 4 is 35.6 Å². The van der Waals surface area contributed by atoms with Crippen molar-refractivity contribution in [2.45, 2.75) is 53.2 Å². The van der Waals surface area contributed by atoms with Gasteiger partial charge in [-0.15, -0.1) is 24.0 Å². The average molecular weight is 527 g/mol. The van der Waals surface area contributed by atoms with Crippen LogP contribution in [-0.2, 0) is 11.3 Å². The van der Waals surface area contributed by atoms with Gasteiger partial charge in [-0.25, -0.2) is 4.99 Å². The summed E-state index contributed by atoms with van der Waals surface area (Å²) in [5.41, 5.74) is 2.67. The molecule has 2 unspecified atom stereocenters. The van der Waals surface area contributed by atoms with E-state index in [9.17, 15) is 0 Å². The van der Waals surface area contributed by atoms with Crippen LogP contribution in [0.15, 0.2) is 41.4 Å². The summed E-state index contributed by atoms with van der Waals surface area (Å²) in [6.45, 7) is 14.2. The first-order valence-corrected chi connectivity index (χ1v) is 11.1. The number of guanidine groups is 1. The van der Waals surface area contributed by atoms with E-state index in [4.69, 9.17) is 9.73 Å². The van der Waals surface area contributed by atoms with Crippen molar-refractivity contribution in [2.75, 3.05) is 37.7 Å². The average Bonchev–Trinajstić information content (AvgIpc) is 3.25. The first kappa shape index (κ1) is 25.0. The Morgan fingerprint density at radius 2 is 1.97 bits per heavy atom. The molecule has 0 aliphatic carbocycles. The molecular formula is C24H39IN4O. The van der Waals surface area contributed by atoms with Crippen LogP contribution in [0.5, 0.6) is 0 Å². The highest BCUT2D eigenvalue weighted by Gasteiger charge is 2.35. The third kappa shape index (κ3) is 7.15. The first-order chi connectivity index (χ1) is 14.0. The summed E-state index contributed by atoms with van der Waals surface area (Å²) in [7, 11) is 0. The Bertz CT molecular complexity index is 705. The van der Waals surface area contributed by atoms with Gasteiger partial charge in [0.05, 0.1) is 12.6 Å². The van der Waals surface area contributed by atoms with Crippen LogP contribution < -0.4 is 15.5 Å². The highest BCUT2D eigenvalue weighted by atomic mass is 127. The molecule has 2 aliphatic rings. The van der Waals surface area contributed by atoms with Crippen molar-refractivity contribution in [1.82, 2.24) is 10.6 Å². The molecule has 5 nitrogen and oxygen atoms in total. The molecule has 168 valence electrons. The van der Waals surface area contributed by atoms with E-state index in [1.165, 1.54) is 17.7 Å². The molecule has 1 fully saturated rings. The van der Waals surface area contributed by atoms with Gasteiger partial charge in [-0.3, -0.25) is 0 Å². The van der Waals surface area contributed by atoms with Gasteiger partial charge in [-0.1, -0.05) is 45.1 Å². The molecule has 0 spiro atoms. The van der Waals surface area contributed by atoms with Gasteiger partial charge < -0.3 is 20.3 Å². The van der Waals surface area contributed by atoms with Gasteiger partial charge in [-0.2, -0.15) is 0 Å². The highest BCUT2D eigenvalue weighted by molar-refractivity contribution is 14.0. The molecule has 1 aromatic rings. The quantitative estimate of drug-likeness (QED) is 0.247. The normalized spacial score (nSPS) is 22.0. The summed E-state index contributed by atoms with van der Waals surface area (Å²) in [5, 5.41) is 6.96. The minimum atomic E-state index is 0. The number of hydrogen-bond acceptors (Lipinski definition) is 3. The van der Waals surface area contributed by atoms with Crippen LogP contribution >= 0.6 is 24.0 Å². The first-order valence-electron chi connectivity index (χ1n) is 11.1. The molecule has 1 saturated heterocycles. The summed E-state index contributed by atoms with van der Waals surface area (Å²) in [6, 6.07) is 8.72. The van der Waals surface area contributed by atoms with Gasteiger partial charge in [0.15, 0.2) is 5.96 Å². The number of aliphatic imine (C=N–C) groups is 1. The molecule has 0 amide bonds. The molecule has 30 heavy (non-hydrogen) atoms. The SMILES string of the molecule is CCNC(=NCc1cccc(N2CC=CC2)c1)NCC1CCCOC1C(C)(C)C.I. The molecule has 0 bridgehead atoms. The van der Waals surface area contributed by atoms with Crippen LogP contribution in [0, 0.1) is 11.3 Å². The fourth-order valence-electron chi connectivity index (χ4n) is 4.29. The Morgan fingerprint density at radius 3 is 2.67 bits per heavy atom. The molecule has 2 heterocycles. The third-order valence-electron chi connectivity index (χ3n) is 5.69. The fourth-order valence-corrected chi connectivity index (χ4v) is 4.29. The third-order valence-corrected chi connectivity index (χ3v) is 5.69. The van der Waals surface area contributed by atoms with Gasteiger partial charge >= 0.3 is 0 Å². The van der Waals surface area contributed by atoms with Crippen molar-refractivity contribution in [3.05, 3.63) is 42.0 Å². The van der Waals surface area contributed by atoms with Crippen LogP contribution in [0.2, 0.25) is 0 Å². The van der Waals surface area contributed by atoms with Gasteiger partial charge in [0.1, 0.15) is 0 Å². The zero-order valence-electron chi connectivity index (χ0n) is 19.0. The molecule has 6 heteroatoms. The van der Waals surface area contributed by atoms with Crippen molar-refractivity contribution in [1.29, 1.82) is 0 Å². The molecule has 2 aliphatic heterocycles. The van der Waals surface area contributed by atoms with Gasteiger partial charge in [0.2, 0.25) is 0 Å². The van der Waals surface area contributed by atoms with Crippen LogP contribution in [0.25, 0.3) is 0 Å². The number of nitrogens with zero attached hydrogens (tertiary/aromatic N) is 2. The lowest BCUT2D eigenvalue weighted by Crippen LogP contribution is -2.47. The number of halogens is 1. The van der Waals surface area contributed by atoms with E-state index in [-0.39, 0.29) is 35.5 Å². The van der Waals surface area contributed by atoms with Gasteiger partial charge in [-0.05, 0) is 42.9 Å². The summed E-state index contributed by atoms with van der Waals surface area (Å²) in [6.07, 6.45) is 7.08. The zero-order valence-corrected chi connectivity index (χ0v) is 21.3. The molecule has 0 saturated carbocycles. The van der Waals surface area contributed by atoms with E-state index < -0.39 is 0 Å². The number of anilines is 1. The summed E-state index contributed by atoms with van der Waals surface area (Å²) >= 11 is 0. The fraction of sp³-hybridized carbons (Fsp3) is 0.625. The second-order valence-corrected chi connectivity index (χ2v) is 9.18. The molecule has 0 radical (unpaired) electrons. The molecular weight excluding hydrogens is 487 g/mol. The predicted molar refractivity (Wildman–Crippen MR) is 138 cm³/mol. The molecule has 1 aromatic carbocycles. The van der Waals surface area contributed by atoms with E-state index >= 15 is 0 Å². The largest absolute Gasteiger partial charge is 0.377 e. The van der Waals surface area contributed by atoms with Gasteiger partial charge in [0, 0.05) is 44.4 Å². The smallest absolute Gasteiger partial charge is 0.191 e. The minimum absolute atomic E-state index is 0. The number of benzene rings is 1. The topological polar surface area (TPSA) is 48.9 Å². The minimum Gasteiger partial charge on any atom is -0.377 e. The van der Waals surface area contributed by atoms with Crippen molar-refractivity contribution in [3.8, 4) is 0 Å². The monoisotopic (exact) mass is 526 g/mol. The lowest BCUT2D eigenvalue weighted by molar-refractivity contribution is -0.0835. The van der Waals surface area contributed by atoms with Crippen molar-refractivity contribution in [3.63, 3.8) is 0 Å².